The summed E-state index contributed by atoms with van der Waals surface area (Å²) in [4.78, 5) is 16.1. The highest BCUT2D eigenvalue weighted by atomic mass is 32.2. The van der Waals surface area contributed by atoms with E-state index >= 15 is 0 Å². The fourth-order valence-electron chi connectivity index (χ4n) is 4.40. The molecular weight excluding hydrogens is 452 g/mol. The number of nitrogens with one attached hydrogen (secondary N) is 3. The molecule has 3 unspecified atom stereocenters. The Balaban J connectivity index is 1.43. The number of hydrogen-bond donors (Lipinski definition) is 4. The minimum atomic E-state index is -3.70. The van der Waals surface area contributed by atoms with Crippen LogP contribution >= 0.6 is 0 Å². The van der Waals surface area contributed by atoms with Crippen molar-refractivity contribution < 1.29 is 18.3 Å². The van der Waals surface area contributed by atoms with E-state index in [4.69, 9.17) is 0 Å². The summed E-state index contributed by atoms with van der Waals surface area (Å²) in [6.45, 7) is 4.97. The van der Waals surface area contributed by atoms with Crippen LogP contribution in [0, 0.1) is 0 Å². The molecule has 0 saturated carbocycles. The Kier molecular flexibility index (Phi) is 7.47. The Labute approximate surface area is 200 Å². The van der Waals surface area contributed by atoms with Crippen molar-refractivity contribution in [2.75, 3.05) is 13.1 Å². The number of nitrogens with zero attached hydrogens (tertiary/aromatic N) is 1. The van der Waals surface area contributed by atoms with E-state index in [1.54, 1.807) is 13.8 Å². The average molecular weight is 485 g/mol. The van der Waals surface area contributed by atoms with Gasteiger partial charge in [0.1, 0.15) is 6.04 Å². The summed E-state index contributed by atoms with van der Waals surface area (Å²) in [7, 11) is -3.70. The number of carbonyl (C=O) groups is 1. The van der Waals surface area contributed by atoms with Crippen LogP contribution in [0.2, 0.25) is 0 Å². The van der Waals surface area contributed by atoms with E-state index in [2.05, 4.69) is 38.5 Å². The molecule has 0 saturated heterocycles. The van der Waals surface area contributed by atoms with Gasteiger partial charge in [-0.3, -0.25) is 20.4 Å². The first-order chi connectivity index (χ1) is 16.3. The summed E-state index contributed by atoms with van der Waals surface area (Å²) in [6, 6.07) is 11.3. The zero-order valence-electron chi connectivity index (χ0n) is 19.5. The molecule has 0 radical (unpaired) electrons. The first-order valence-corrected chi connectivity index (χ1v) is 13.3. The van der Waals surface area contributed by atoms with Gasteiger partial charge in [-0.25, -0.2) is 13.1 Å². The molecule has 8 nitrogen and oxygen atoms in total. The van der Waals surface area contributed by atoms with E-state index in [1.807, 2.05) is 24.4 Å². The van der Waals surface area contributed by atoms with Gasteiger partial charge in [0.05, 0.1) is 5.25 Å². The monoisotopic (exact) mass is 484 g/mol. The molecule has 1 aliphatic heterocycles. The van der Waals surface area contributed by atoms with Gasteiger partial charge in [-0.2, -0.15) is 0 Å². The fraction of sp³-hybridized carbons (Fsp3) is 0.440. The molecule has 3 atom stereocenters. The van der Waals surface area contributed by atoms with E-state index in [1.165, 1.54) is 16.7 Å². The third kappa shape index (κ3) is 5.55. The van der Waals surface area contributed by atoms with Crippen LogP contribution in [0.25, 0.3) is 11.1 Å². The van der Waals surface area contributed by atoms with Gasteiger partial charge in [0.2, 0.25) is 10.0 Å². The van der Waals surface area contributed by atoms with Crippen molar-refractivity contribution in [3.05, 3.63) is 58.7 Å². The van der Waals surface area contributed by atoms with E-state index in [0.29, 0.717) is 6.42 Å². The fourth-order valence-corrected chi connectivity index (χ4v) is 5.65. The molecule has 1 aliphatic carbocycles. The number of carboxylic acid groups (broad SMARTS) is 1. The van der Waals surface area contributed by atoms with Crippen LogP contribution in [-0.4, -0.2) is 56.4 Å². The molecule has 182 valence electrons. The standard InChI is InChI=1S/C25H32N4O4S/c1-3-16(2)34(32,33)29-23(24(30)31)14-18-5-7-22-20(13-18)15-19-12-17(4-6-21(19)22)8-9-26-25-27-10-11-28-25/h4-7,10,12-13,16,23,25-26,28-29H,3,8-9,11,14-15H2,1-2H3,(H,30,31). The number of fused-ring (bicyclic) bond motifs is 3. The highest BCUT2D eigenvalue weighted by molar-refractivity contribution is 7.90. The van der Waals surface area contributed by atoms with Crippen LogP contribution in [0.3, 0.4) is 0 Å². The summed E-state index contributed by atoms with van der Waals surface area (Å²) in [5, 5.41) is 15.6. The maximum absolute atomic E-state index is 12.4. The smallest absolute Gasteiger partial charge is 0.322 e. The van der Waals surface area contributed by atoms with Crippen molar-refractivity contribution in [2.45, 2.75) is 57.1 Å². The lowest BCUT2D eigenvalue weighted by molar-refractivity contribution is -0.138. The van der Waals surface area contributed by atoms with Gasteiger partial charge in [0.25, 0.3) is 0 Å². The van der Waals surface area contributed by atoms with E-state index in [-0.39, 0.29) is 12.7 Å². The minimum Gasteiger partial charge on any atom is -0.480 e. The first-order valence-electron chi connectivity index (χ1n) is 11.7. The second-order valence-electron chi connectivity index (χ2n) is 8.98. The quantitative estimate of drug-likeness (QED) is 0.331. The summed E-state index contributed by atoms with van der Waals surface area (Å²) in [5.41, 5.74) is 6.81. The Bertz CT molecular complexity index is 1200. The predicted octanol–water partition coefficient (Wildman–Crippen LogP) is 2.06. The lowest BCUT2D eigenvalue weighted by Crippen LogP contribution is -2.45. The van der Waals surface area contributed by atoms with E-state index < -0.39 is 27.3 Å². The zero-order valence-corrected chi connectivity index (χ0v) is 20.4. The number of aliphatic imine (C=N–C) groups is 1. The van der Waals surface area contributed by atoms with Crippen molar-refractivity contribution >= 4 is 22.2 Å². The lowest BCUT2D eigenvalue weighted by atomic mass is 9.99. The lowest BCUT2D eigenvalue weighted by Gasteiger charge is -2.18. The van der Waals surface area contributed by atoms with Crippen molar-refractivity contribution in [2.24, 2.45) is 4.99 Å². The molecule has 1 heterocycles. The number of rotatable bonds is 11. The van der Waals surface area contributed by atoms with Crippen LogP contribution in [0.15, 0.2) is 41.4 Å². The number of sulfonamides is 1. The second-order valence-corrected chi connectivity index (χ2v) is 11.1. The number of hydrogen-bond acceptors (Lipinski definition) is 6. The summed E-state index contributed by atoms with van der Waals surface area (Å²) in [6.07, 6.45) is 4.08. The molecular formula is C25H32N4O4S. The average Bonchev–Trinajstić information content (AvgIpc) is 3.44. The maximum atomic E-state index is 12.4. The molecule has 0 fully saturated rings. The SMILES string of the molecule is CCC(C)S(=O)(=O)NC(Cc1ccc2c(c1)Cc1cc(CCNC3N=CCN3)ccc1-2)C(=O)O. The third-order valence-electron chi connectivity index (χ3n) is 6.57. The third-order valence-corrected chi connectivity index (χ3v) is 8.57. The van der Waals surface area contributed by atoms with Gasteiger partial charge in [-0.1, -0.05) is 43.3 Å². The minimum absolute atomic E-state index is 0.00129. The maximum Gasteiger partial charge on any atom is 0.322 e. The highest BCUT2D eigenvalue weighted by Gasteiger charge is 2.28. The summed E-state index contributed by atoms with van der Waals surface area (Å²) >= 11 is 0. The van der Waals surface area contributed by atoms with Crippen molar-refractivity contribution in [1.29, 1.82) is 0 Å². The van der Waals surface area contributed by atoms with Crippen LogP contribution in [0.5, 0.6) is 0 Å². The Morgan fingerprint density at radius 1 is 1.18 bits per heavy atom. The molecule has 0 bridgehead atoms. The van der Waals surface area contributed by atoms with Crippen molar-refractivity contribution in [3.63, 3.8) is 0 Å². The Morgan fingerprint density at radius 3 is 2.47 bits per heavy atom. The first kappa shape index (κ1) is 24.5. The number of aliphatic carboxylic acids is 1. The van der Waals surface area contributed by atoms with Gasteiger partial charge in [-0.15, -0.1) is 0 Å². The predicted molar refractivity (Wildman–Crippen MR) is 134 cm³/mol. The molecule has 4 N–H and O–H groups in total. The highest BCUT2D eigenvalue weighted by Crippen LogP contribution is 2.37. The van der Waals surface area contributed by atoms with Crippen LogP contribution in [-0.2, 0) is 34.1 Å². The van der Waals surface area contributed by atoms with E-state index in [9.17, 15) is 18.3 Å². The number of carboxylic acids is 1. The largest absolute Gasteiger partial charge is 0.480 e. The molecule has 4 rings (SSSR count). The molecule has 0 spiro atoms. The van der Waals surface area contributed by atoms with Gasteiger partial charge >= 0.3 is 5.97 Å². The molecule has 0 amide bonds. The van der Waals surface area contributed by atoms with Crippen LogP contribution in [0.4, 0.5) is 0 Å². The zero-order chi connectivity index (χ0) is 24.3. The molecule has 2 aliphatic rings. The van der Waals surface area contributed by atoms with Crippen LogP contribution in [0.1, 0.15) is 42.5 Å². The molecule has 9 heteroatoms. The molecule has 2 aromatic carbocycles. The molecule has 34 heavy (non-hydrogen) atoms. The van der Waals surface area contributed by atoms with Crippen molar-refractivity contribution in [1.82, 2.24) is 15.4 Å². The molecule has 2 aromatic rings. The Morgan fingerprint density at radius 2 is 1.85 bits per heavy atom. The molecule has 0 aromatic heterocycles. The van der Waals surface area contributed by atoms with Gasteiger partial charge in [0, 0.05) is 19.3 Å². The second kappa shape index (κ2) is 10.4. The van der Waals surface area contributed by atoms with Gasteiger partial charge < -0.3 is 5.11 Å². The van der Waals surface area contributed by atoms with Crippen molar-refractivity contribution in [3.8, 4) is 11.1 Å². The summed E-state index contributed by atoms with van der Waals surface area (Å²) < 4.78 is 27.2. The number of benzene rings is 2. The van der Waals surface area contributed by atoms with Gasteiger partial charge in [0.15, 0.2) is 6.29 Å². The van der Waals surface area contributed by atoms with Crippen LogP contribution < -0.4 is 15.4 Å². The van der Waals surface area contributed by atoms with E-state index in [0.717, 1.165) is 42.6 Å². The van der Waals surface area contributed by atoms with Gasteiger partial charge in [-0.05, 0) is 66.0 Å². The normalized spacial score (nSPS) is 18.5. The Hall–Kier alpha value is -2.59. The summed E-state index contributed by atoms with van der Waals surface area (Å²) in [5.74, 6) is -1.17. The topological polar surface area (TPSA) is 120 Å².